The second kappa shape index (κ2) is 1.69. The predicted octanol–water partition coefficient (Wildman–Crippen LogP) is -0.687. The maximum absolute atomic E-state index is 5.21. The molecule has 0 saturated carbocycles. The lowest BCUT2D eigenvalue weighted by molar-refractivity contribution is -0.763. The van der Waals surface area contributed by atoms with Crippen molar-refractivity contribution >= 4 is 0 Å². The molecule has 0 radical (unpaired) electrons. The van der Waals surface area contributed by atoms with Crippen molar-refractivity contribution < 1.29 is 9.64 Å². The third-order valence-corrected chi connectivity index (χ3v) is 1.73. The predicted molar refractivity (Wildman–Crippen MR) is 33.9 cm³/mol. The van der Waals surface area contributed by atoms with Gasteiger partial charge in [-0.15, -0.1) is 0 Å². The van der Waals surface area contributed by atoms with Crippen LogP contribution in [0, 0.1) is 0 Å². The van der Waals surface area contributed by atoms with Crippen molar-refractivity contribution in [2.75, 3.05) is 20.3 Å². The second-order valence-electron chi connectivity index (χ2n) is 2.58. The van der Waals surface area contributed by atoms with E-state index in [0.717, 1.165) is 13.2 Å². The van der Waals surface area contributed by atoms with Gasteiger partial charge in [0, 0.05) is 11.1 Å². The molecule has 0 bridgehead atoms. The molecule has 1 N–H and O–H groups in total. The Bertz CT molecular complexity index is 173. The molecule has 2 heteroatoms. The Labute approximate surface area is 54.4 Å². The van der Waals surface area contributed by atoms with E-state index in [4.69, 9.17) is 4.74 Å². The number of rotatable bonds is 0. The van der Waals surface area contributed by atoms with E-state index < -0.39 is 0 Å². The smallest absolute Gasteiger partial charge is 0.105 e. The lowest BCUT2D eigenvalue weighted by atomic mass is 10.2. The average Bonchev–Trinajstić information content (AvgIpc) is 2.22. The molecule has 2 aliphatic rings. The quantitative estimate of drug-likeness (QED) is 0.451. The zero-order chi connectivity index (χ0) is 6.27. The summed E-state index contributed by atoms with van der Waals surface area (Å²) in [6, 6.07) is 0. The Morgan fingerprint density at radius 2 is 1.89 bits per heavy atom. The molecule has 0 aromatic heterocycles. The zero-order valence-electron chi connectivity index (χ0n) is 5.48. The van der Waals surface area contributed by atoms with Gasteiger partial charge in [-0.25, -0.2) is 0 Å². The van der Waals surface area contributed by atoms with Gasteiger partial charge in [0.25, 0.3) is 0 Å². The number of ether oxygens (including phenoxy) is 1. The van der Waals surface area contributed by atoms with E-state index in [2.05, 4.69) is 19.4 Å². The standard InChI is InChI=1S/C7H9NO/c1-8-2-6-4-9-5-7(6)3-8/h2-3H,4-5H2,1H3/p+1. The van der Waals surface area contributed by atoms with E-state index in [1.165, 1.54) is 16.0 Å². The lowest BCUT2D eigenvalue weighted by Crippen LogP contribution is -2.98. The summed E-state index contributed by atoms with van der Waals surface area (Å²) < 4.78 is 5.21. The highest BCUT2D eigenvalue weighted by Gasteiger charge is 2.22. The first kappa shape index (κ1) is 5.21. The van der Waals surface area contributed by atoms with Crippen molar-refractivity contribution in [2.45, 2.75) is 0 Å². The first-order valence-corrected chi connectivity index (χ1v) is 3.19. The molecule has 0 atom stereocenters. The van der Waals surface area contributed by atoms with Gasteiger partial charge in [0.05, 0.1) is 20.3 Å². The molecular formula is C7H10NO+. The summed E-state index contributed by atoms with van der Waals surface area (Å²) in [7, 11) is 2.12. The van der Waals surface area contributed by atoms with E-state index in [-0.39, 0.29) is 0 Å². The molecule has 48 valence electrons. The number of hydrogen-bond donors (Lipinski definition) is 1. The summed E-state index contributed by atoms with van der Waals surface area (Å²) in [4.78, 5) is 1.36. The van der Waals surface area contributed by atoms with Gasteiger partial charge in [0.1, 0.15) is 12.4 Å². The van der Waals surface area contributed by atoms with Crippen molar-refractivity contribution in [1.29, 1.82) is 0 Å². The zero-order valence-corrected chi connectivity index (χ0v) is 5.48. The number of quaternary nitrogens is 1. The molecule has 0 aromatic rings. The van der Waals surface area contributed by atoms with Crippen LogP contribution in [-0.4, -0.2) is 20.3 Å². The molecule has 1 fully saturated rings. The first-order valence-electron chi connectivity index (χ1n) is 3.19. The van der Waals surface area contributed by atoms with Gasteiger partial charge in [-0.1, -0.05) is 0 Å². The summed E-state index contributed by atoms with van der Waals surface area (Å²) in [5.41, 5.74) is 2.76. The van der Waals surface area contributed by atoms with Gasteiger partial charge in [-0.3, -0.25) is 4.90 Å². The number of nitrogens with one attached hydrogen (secondary N) is 1. The maximum Gasteiger partial charge on any atom is 0.105 e. The van der Waals surface area contributed by atoms with E-state index in [1.54, 1.807) is 0 Å². The molecule has 9 heavy (non-hydrogen) atoms. The van der Waals surface area contributed by atoms with Crippen LogP contribution >= 0.6 is 0 Å². The Kier molecular flexibility index (Phi) is 0.976. The van der Waals surface area contributed by atoms with E-state index in [1.807, 2.05) is 0 Å². The lowest BCUT2D eigenvalue weighted by Gasteiger charge is -1.94. The number of hydrogen-bond acceptors (Lipinski definition) is 1. The minimum Gasteiger partial charge on any atom is -0.372 e. The van der Waals surface area contributed by atoms with Crippen molar-refractivity contribution in [2.24, 2.45) is 0 Å². The van der Waals surface area contributed by atoms with Crippen molar-refractivity contribution in [3.05, 3.63) is 23.5 Å². The molecular weight excluding hydrogens is 114 g/mol. The van der Waals surface area contributed by atoms with Crippen LogP contribution < -0.4 is 4.90 Å². The summed E-state index contributed by atoms with van der Waals surface area (Å²) in [5.74, 6) is 0. The van der Waals surface area contributed by atoms with Crippen molar-refractivity contribution in [3.63, 3.8) is 0 Å². The monoisotopic (exact) mass is 124 g/mol. The molecule has 2 rings (SSSR count). The Morgan fingerprint density at radius 1 is 1.33 bits per heavy atom. The first-order chi connectivity index (χ1) is 4.36. The summed E-state index contributed by atoms with van der Waals surface area (Å²) in [6.45, 7) is 1.65. The van der Waals surface area contributed by atoms with Crippen LogP contribution in [0.5, 0.6) is 0 Å². The largest absolute Gasteiger partial charge is 0.372 e. The Hall–Kier alpha value is -0.600. The molecule has 1 saturated heterocycles. The minimum absolute atomic E-state index is 0.823. The Balaban J connectivity index is 2.33. The van der Waals surface area contributed by atoms with E-state index in [9.17, 15) is 0 Å². The fraction of sp³-hybridized carbons (Fsp3) is 0.429. The molecule has 0 unspecified atom stereocenters. The second-order valence-corrected chi connectivity index (χ2v) is 2.58. The molecule has 0 aliphatic carbocycles. The van der Waals surface area contributed by atoms with Gasteiger partial charge >= 0.3 is 0 Å². The summed E-state index contributed by atoms with van der Waals surface area (Å²) >= 11 is 0. The van der Waals surface area contributed by atoms with Crippen LogP contribution in [0.15, 0.2) is 23.5 Å². The molecule has 0 spiro atoms. The molecule has 2 nitrogen and oxygen atoms in total. The third kappa shape index (κ3) is 0.713. The fourth-order valence-electron chi connectivity index (χ4n) is 1.32. The van der Waals surface area contributed by atoms with Crippen LogP contribution in [0.1, 0.15) is 0 Å². The topological polar surface area (TPSA) is 13.7 Å². The Morgan fingerprint density at radius 3 is 2.44 bits per heavy atom. The normalized spacial score (nSPS) is 25.9. The van der Waals surface area contributed by atoms with Gasteiger partial charge in [0.2, 0.25) is 0 Å². The summed E-state index contributed by atoms with van der Waals surface area (Å²) in [5, 5.41) is 0. The molecule has 2 aliphatic heterocycles. The van der Waals surface area contributed by atoms with Crippen LogP contribution in [0.2, 0.25) is 0 Å². The highest BCUT2D eigenvalue weighted by atomic mass is 16.5. The van der Waals surface area contributed by atoms with Crippen molar-refractivity contribution in [3.8, 4) is 0 Å². The highest BCUT2D eigenvalue weighted by Crippen LogP contribution is 2.17. The van der Waals surface area contributed by atoms with Crippen LogP contribution in [0.4, 0.5) is 0 Å². The van der Waals surface area contributed by atoms with Gasteiger partial charge in [-0.2, -0.15) is 0 Å². The van der Waals surface area contributed by atoms with Crippen LogP contribution in [0.3, 0.4) is 0 Å². The van der Waals surface area contributed by atoms with Gasteiger partial charge < -0.3 is 4.74 Å². The third-order valence-electron chi connectivity index (χ3n) is 1.73. The summed E-state index contributed by atoms with van der Waals surface area (Å²) in [6.07, 6.45) is 4.39. The number of fused-ring (bicyclic) bond motifs is 1. The van der Waals surface area contributed by atoms with Gasteiger partial charge in [-0.05, 0) is 0 Å². The maximum atomic E-state index is 5.21. The fourth-order valence-corrected chi connectivity index (χ4v) is 1.32. The SMILES string of the molecule is C[NH+]1C=C2COCC2=C1. The molecule has 2 heterocycles. The minimum atomic E-state index is 0.823. The average molecular weight is 124 g/mol. The van der Waals surface area contributed by atoms with Crippen molar-refractivity contribution in [1.82, 2.24) is 0 Å². The molecule has 0 aromatic carbocycles. The van der Waals surface area contributed by atoms with Crippen LogP contribution in [-0.2, 0) is 4.74 Å². The highest BCUT2D eigenvalue weighted by molar-refractivity contribution is 5.34. The van der Waals surface area contributed by atoms with E-state index in [0.29, 0.717) is 0 Å². The van der Waals surface area contributed by atoms with E-state index >= 15 is 0 Å². The molecule has 0 amide bonds. The van der Waals surface area contributed by atoms with Gasteiger partial charge in [0.15, 0.2) is 0 Å². The van der Waals surface area contributed by atoms with Crippen LogP contribution in [0.25, 0.3) is 0 Å².